The molecule has 6 nitrogen and oxygen atoms in total. The highest BCUT2D eigenvalue weighted by Crippen LogP contribution is 2.28. The quantitative estimate of drug-likeness (QED) is 0.815. The van der Waals surface area contributed by atoms with Gasteiger partial charge >= 0.3 is 5.97 Å². The van der Waals surface area contributed by atoms with Crippen LogP contribution in [0.3, 0.4) is 0 Å². The largest absolute Gasteiger partial charge is 0.460 e. The standard InChI is InChI=1S/C16H27N3O3/c1-16(2,3)22-15(21)12-4-6-13(7-5-12)18-14-10-17-19(11-14)8-9-20/h10-13,18,20H,4-9H2,1-3H3. The van der Waals surface area contributed by atoms with Crippen molar-refractivity contribution in [1.82, 2.24) is 9.78 Å². The van der Waals surface area contributed by atoms with E-state index >= 15 is 0 Å². The van der Waals surface area contributed by atoms with E-state index in [-0.39, 0.29) is 18.5 Å². The van der Waals surface area contributed by atoms with Crippen LogP contribution in [0, 0.1) is 5.92 Å². The Kier molecular flexibility index (Phi) is 5.45. The highest BCUT2D eigenvalue weighted by Gasteiger charge is 2.29. The molecule has 1 aromatic rings. The summed E-state index contributed by atoms with van der Waals surface area (Å²) < 4.78 is 7.18. The van der Waals surface area contributed by atoms with Crippen molar-refractivity contribution >= 4 is 11.7 Å². The summed E-state index contributed by atoms with van der Waals surface area (Å²) >= 11 is 0. The van der Waals surface area contributed by atoms with E-state index < -0.39 is 5.60 Å². The van der Waals surface area contributed by atoms with E-state index in [1.54, 1.807) is 10.9 Å². The minimum absolute atomic E-state index is 0.0226. The lowest BCUT2D eigenvalue weighted by atomic mass is 9.86. The maximum absolute atomic E-state index is 12.1. The van der Waals surface area contributed by atoms with Crippen molar-refractivity contribution in [3.05, 3.63) is 12.4 Å². The normalized spacial score (nSPS) is 22.4. The molecule has 22 heavy (non-hydrogen) atoms. The highest BCUT2D eigenvalue weighted by molar-refractivity contribution is 5.73. The van der Waals surface area contributed by atoms with Crippen LogP contribution in [0.4, 0.5) is 5.69 Å². The average Bonchev–Trinajstić information content (AvgIpc) is 2.85. The van der Waals surface area contributed by atoms with Gasteiger partial charge in [0, 0.05) is 12.2 Å². The summed E-state index contributed by atoms with van der Waals surface area (Å²) in [6.07, 6.45) is 7.30. The van der Waals surface area contributed by atoms with Gasteiger partial charge in [0.05, 0.1) is 31.0 Å². The zero-order chi connectivity index (χ0) is 16.2. The molecule has 1 aliphatic carbocycles. The monoisotopic (exact) mass is 309 g/mol. The summed E-state index contributed by atoms with van der Waals surface area (Å²) in [5.41, 5.74) is 0.558. The van der Waals surface area contributed by atoms with E-state index in [1.165, 1.54) is 0 Å². The van der Waals surface area contributed by atoms with Crippen molar-refractivity contribution in [3.63, 3.8) is 0 Å². The topological polar surface area (TPSA) is 76.4 Å². The Morgan fingerprint density at radius 2 is 2.09 bits per heavy atom. The zero-order valence-corrected chi connectivity index (χ0v) is 13.7. The van der Waals surface area contributed by atoms with Crippen LogP contribution in [-0.4, -0.2) is 39.1 Å². The van der Waals surface area contributed by atoms with Crippen molar-refractivity contribution in [2.45, 2.75) is 64.6 Å². The molecule has 2 rings (SSSR count). The van der Waals surface area contributed by atoms with Crippen molar-refractivity contribution in [2.24, 2.45) is 5.92 Å². The van der Waals surface area contributed by atoms with Crippen LogP contribution in [0.15, 0.2) is 12.4 Å². The second-order valence-electron chi connectivity index (χ2n) is 6.94. The summed E-state index contributed by atoms with van der Waals surface area (Å²) in [6.45, 7) is 6.31. The Morgan fingerprint density at radius 3 is 2.68 bits per heavy atom. The van der Waals surface area contributed by atoms with Gasteiger partial charge in [0.15, 0.2) is 0 Å². The molecule has 1 saturated carbocycles. The first-order valence-electron chi connectivity index (χ1n) is 8.00. The Balaban J connectivity index is 1.78. The third-order valence-electron chi connectivity index (χ3n) is 3.80. The third-order valence-corrected chi connectivity index (χ3v) is 3.80. The number of rotatable bonds is 5. The van der Waals surface area contributed by atoms with Crippen LogP contribution in [0.1, 0.15) is 46.5 Å². The molecule has 0 radical (unpaired) electrons. The summed E-state index contributed by atoms with van der Waals surface area (Å²) in [5.74, 6) is -0.0453. The number of carbonyl (C=O) groups excluding carboxylic acids is 1. The minimum atomic E-state index is -0.409. The number of aromatic nitrogens is 2. The number of anilines is 1. The van der Waals surface area contributed by atoms with Gasteiger partial charge in [-0.1, -0.05) is 0 Å². The molecule has 0 atom stereocenters. The molecule has 0 unspecified atom stereocenters. The van der Waals surface area contributed by atoms with Gasteiger partial charge in [-0.05, 0) is 46.5 Å². The maximum Gasteiger partial charge on any atom is 0.309 e. The molecule has 1 fully saturated rings. The van der Waals surface area contributed by atoms with Gasteiger partial charge in [0.1, 0.15) is 5.60 Å². The molecule has 2 N–H and O–H groups in total. The number of hydrogen-bond acceptors (Lipinski definition) is 5. The molecule has 0 aromatic carbocycles. The molecule has 124 valence electrons. The van der Waals surface area contributed by atoms with Gasteiger partial charge in [-0.15, -0.1) is 0 Å². The molecule has 6 heteroatoms. The van der Waals surface area contributed by atoms with E-state index in [0.717, 1.165) is 31.4 Å². The van der Waals surface area contributed by atoms with Crippen LogP contribution >= 0.6 is 0 Å². The van der Waals surface area contributed by atoms with Gasteiger partial charge in [-0.3, -0.25) is 9.48 Å². The van der Waals surface area contributed by atoms with E-state index in [2.05, 4.69) is 10.4 Å². The molecular weight excluding hydrogens is 282 g/mol. The third kappa shape index (κ3) is 5.02. The van der Waals surface area contributed by atoms with Gasteiger partial charge in [0.25, 0.3) is 0 Å². The first kappa shape index (κ1) is 16.8. The number of aliphatic hydroxyl groups excluding tert-OH is 1. The molecule has 0 spiro atoms. The average molecular weight is 309 g/mol. The van der Waals surface area contributed by atoms with E-state index in [9.17, 15) is 4.79 Å². The number of carbonyl (C=O) groups is 1. The Morgan fingerprint density at radius 1 is 1.41 bits per heavy atom. The lowest BCUT2D eigenvalue weighted by molar-refractivity contribution is -0.161. The molecule has 0 bridgehead atoms. The number of esters is 1. The molecule has 0 amide bonds. The summed E-state index contributed by atoms with van der Waals surface area (Å²) in [4.78, 5) is 12.1. The lowest BCUT2D eigenvalue weighted by Crippen LogP contribution is -2.33. The second kappa shape index (κ2) is 7.13. The van der Waals surface area contributed by atoms with Crippen molar-refractivity contribution < 1.29 is 14.6 Å². The SMILES string of the molecule is CC(C)(C)OC(=O)C1CCC(Nc2cnn(CCO)c2)CC1. The maximum atomic E-state index is 12.1. The Hall–Kier alpha value is -1.56. The van der Waals surface area contributed by atoms with Gasteiger partial charge in [-0.25, -0.2) is 0 Å². The predicted molar refractivity (Wildman–Crippen MR) is 84.5 cm³/mol. The molecule has 1 aliphatic rings. The minimum Gasteiger partial charge on any atom is -0.460 e. The molecule has 0 saturated heterocycles. The summed E-state index contributed by atoms with van der Waals surface area (Å²) in [7, 11) is 0. The van der Waals surface area contributed by atoms with Crippen LogP contribution in [-0.2, 0) is 16.1 Å². The van der Waals surface area contributed by atoms with Crippen molar-refractivity contribution in [1.29, 1.82) is 0 Å². The van der Waals surface area contributed by atoms with Crippen molar-refractivity contribution in [2.75, 3.05) is 11.9 Å². The molecular formula is C16H27N3O3. The van der Waals surface area contributed by atoms with Crippen LogP contribution in [0.25, 0.3) is 0 Å². The second-order valence-corrected chi connectivity index (χ2v) is 6.94. The van der Waals surface area contributed by atoms with E-state index in [4.69, 9.17) is 9.84 Å². The first-order chi connectivity index (χ1) is 10.4. The number of nitrogens with one attached hydrogen (secondary N) is 1. The number of ether oxygens (including phenoxy) is 1. The highest BCUT2D eigenvalue weighted by atomic mass is 16.6. The molecule has 1 heterocycles. The van der Waals surface area contributed by atoms with E-state index in [1.807, 2.05) is 27.0 Å². The smallest absolute Gasteiger partial charge is 0.309 e. The lowest BCUT2D eigenvalue weighted by Gasteiger charge is -2.30. The fraction of sp³-hybridized carbons (Fsp3) is 0.750. The fourth-order valence-corrected chi connectivity index (χ4v) is 2.76. The van der Waals surface area contributed by atoms with Gasteiger partial charge in [0.2, 0.25) is 0 Å². The van der Waals surface area contributed by atoms with Crippen molar-refractivity contribution in [3.8, 4) is 0 Å². The number of nitrogens with zero attached hydrogens (tertiary/aromatic N) is 2. The zero-order valence-electron chi connectivity index (χ0n) is 13.7. The fourth-order valence-electron chi connectivity index (χ4n) is 2.76. The Bertz CT molecular complexity index is 485. The summed E-state index contributed by atoms with van der Waals surface area (Å²) in [5, 5.41) is 16.5. The van der Waals surface area contributed by atoms with E-state index in [0.29, 0.717) is 12.6 Å². The number of hydrogen-bond donors (Lipinski definition) is 2. The summed E-state index contributed by atoms with van der Waals surface area (Å²) in [6, 6.07) is 0.366. The molecule has 1 aromatic heterocycles. The van der Waals surface area contributed by atoms with Gasteiger partial charge in [-0.2, -0.15) is 5.10 Å². The number of aliphatic hydroxyl groups is 1. The van der Waals surface area contributed by atoms with Gasteiger partial charge < -0.3 is 15.2 Å². The Labute approximate surface area is 131 Å². The molecule has 0 aliphatic heterocycles. The van der Waals surface area contributed by atoms with Crippen LogP contribution in [0.2, 0.25) is 0 Å². The predicted octanol–water partition coefficient (Wildman–Crippen LogP) is 2.19. The first-order valence-corrected chi connectivity index (χ1v) is 8.00. The van der Waals surface area contributed by atoms with Crippen LogP contribution < -0.4 is 5.32 Å². The van der Waals surface area contributed by atoms with Crippen LogP contribution in [0.5, 0.6) is 0 Å².